The maximum absolute atomic E-state index is 12.4. The summed E-state index contributed by atoms with van der Waals surface area (Å²) < 4.78 is 27.5. The zero-order valence-electron chi connectivity index (χ0n) is 12.7. The van der Waals surface area contributed by atoms with Crippen molar-refractivity contribution in [1.82, 2.24) is 4.72 Å². The largest absolute Gasteiger partial charge is 0.392 e. The van der Waals surface area contributed by atoms with Crippen molar-refractivity contribution in [3.8, 4) is 0 Å². The Bertz CT molecular complexity index is 536. The lowest BCUT2D eigenvalue weighted by Crippen LogP contribution is -2.37. The van der Waals surface area contributed by atoms with E-state index in [4.69, 9.17) is 0 Å². The zero-order valence-corrected chi connectivity index (χ0v) is 13.5. The molecule has 1 aromatic carbocycles. The Morgan fingerprint density at radius 3 is 2.35 bits per heavy atom. The Hall–Kier alpha value is -0.910. The van der Waals surface area contributed by atoms with E-state index in [9.17, 15) is 13.5 Å². The maximum Gasteiger partial charge on any atom is 0.240 e. The van der Waals surface area contributed by atoms with E-state index in [1.54, 1.807) is 12.1 Å². The van der Waals surface area contributed by atoms with Crippen molar-refractivity contribution in [3.63, 3.8) is 0 Å². The number of nitrogens with one attached hydrogen (secondary N) is 1. The number of hydrogen-bond donors (Lipinski definition) is 2. The molecule has 4 nitrogen and oxygen atoms in total. The second-order valence-corrected chi connectivity index (χ2v) is 6.95. The fraction of sp³-hybridized carbons (Fsp3) is 0.600. The van der Waals surface area contributed by atoms with Gasteiger partial charge in [0.25, 0.3) is 0 Å². The minimum absolute atomic E-state index is 0.103. The smallest absolute Gasteiger partial charge is 0.240 e. The molecule has 0 aromatic heterocycles. The lowest BCUT2D eigenvalue weighted by atomic mass is 9.96. The van der Waals surface area contributed by atoms with Gasteiger partial charge in [0, 0.05) is 6.04 Å². The number of benzene rings is 1. The van der Waals surface area contributed by atoms with Crippen LogP contribution in [0.1, 0.15) is 44.7 Å². The first-order valence-electron chi connectivity index (χ1n) is 7.08. The average Bonchev–Trinajstić information content (AvgIpc) is 2.39. The molecule has 0 amide bonds. The highest BCUT2D eigenvalue weighted by Gasteiger charge is 2.22. The topological polar surface area (TPSA) is 66.4 Å². The van der Waals surface area contributed by atoms with Crippen molar-refractivity contribution < 1.29 is 13.5 Å². The summed E-state index contributed by atoms with van der Waals surface area (Å²) in [6.45, 7) is 7.72. The molecule has 0 radical (unpaired) electrons. The van der Waals surface area contributed by atoms with Crippen LogP contribution in [0.4, 0.5) is 0 Å². The molecule has 0 aliphatic heterocycles. The third kappa shape index (κ3) is 4.04. The van der Waals surface area contributed by atoms with Gasteiger partial charge in [-0.05, 0) is 43.0 Å². The van der Waals surface area contributed by atoms with E-state index < -0.39 is 10.0 Å². The molecule has 0 saturated heterocycles. The third-order valence-electron chi connectivity index (χ3n) is 3.90. The molecule has 114 valence electrons. The van der Waals surface area contributed by atoms with E-state index >= 15 is 0 Å². The van der Waals surface area contributed by atoms with Gasteiger partial charge in [-0.15, -0.1) is 0 Å². The molecule has 0 saturated carbocycles. The summed E-state index contributed by atoms with van der Waals surface area (Å²) in [6.07, 6.45) is 1.88. The van der Waals surface area contributed by atoms with Gasteiger partial charge in [-0.3, -0.25) is 0 Å². The van der Waals surface area contributed by atoms with Gasteiger partial charge in [0.2, 0.25) is 10.0 Å². The van der Waals surface area contributed by atoms with E-state index in [2.05, 4.69) is 18.6 Å². The lowest BCUT2D eigenvalue weighted by molar-refractivity contribution is 0.280. The van der Waals surface area contributed by atoms with Crippen molar-refractivity contribution >= 4 is 10.0 Å². The number of hydrogen-bond acceptors (Lipinski definition) is 3. The van der Waals surface area contributed by atoms with Crippen molar-refractivity contribution in [3.05, 3.63) is 29.3 Å². The first-order valence-corrected chi connectivity index (χ1v) is 8.56. The second-order valence-electron chi connectivity index (χ2n) is 5.23. The Balaban J connectivity index is 2.99. The maximum atomic E-state index is 12.4. The summed E-state index contributed by atoms with van der Waals surface area (Å²) in [4.78, 5) is 0.213. The van der Waals surface area contributed by atoms with Crippen LogP contribution in [-0.4, -0.2) is 19.6 Å². The van der Waals surface area contributed by atoms with Crippen LogP contribution in [0.3, 0.4) is 0 Å². The number of sulfonamides is 1. The van der Waals surface area contributed by atoms with Crippen LogP contribution >= 0.6 is 0 Å². The molecular weight excluding hydrogens is 274 g/mol. The molecule has 0 bridgehead atoms. The van der Waals surface area contributed by atoms with E-state index in [0.29, 0.717) is 11.5 Å². The molecule has 0 heterocycles. The van der Waals surface area contributed by atoms with E-state index in [0.717, 1.165) is 18.4 Å². The Kier molecular flexibility index (Phi) is 6.17. The first-order chi connectivity index (χ1) is 9.35. The van der Waals surface area contributed by atoms with E-state index in [1.807, 2.05) is 13.8 Å². The standard InChI is InChI=1S/C15H25NO3S/c1-5-13(6-2)12(4)16-20(18,19)15-8-7-11(3)14(9-15)10-17/h7-9,12-13,16-17H,5-6,10H2,1-4H3. The highest BCUT2D eigenvalue weighted by atomic mass is 32.2. The number of rotatable bonds is 7. The van der Waals surface area contributed by atoms with Crippen LogP contribution in [0.25, 0.3) is 0 Å². The van der Waals surface area contributed by atoms with Crippen LogP contribution in [0, 0.1) is 12.8 Å². The van der Waals surface area contributed by atoms with Gasteiger partial charge in [-0.25, -0.2) is 13.1 Å². The minimum atomic E-state index is -3.54. The van der Waals surface area contributed by atoms with Gasteiger partial charge in [0.15, 0.2) is 0 Å². The van der Waals surface area contributed by atoms with Crippen molar-refractivity contribution in [2.75, 3.05) is 0 Å². The molecule has 0 aliphatic carbocycles. The van der Waals surface area contributed by atoms with Crippen LogP contribution in [0.15, 0.2) is 23.1 Å². The molecule has 1 atom stereocenters. The molecule has 1 aromatic rings. The van der Waals surface area contributed by atoms with Crippen LogP contribution < -0.4 is 4.72 Å². The van der Waals surface area contributed by atoms with Crippen LogP contribution in [0.5, 0.6) is 0 Å². The summed E-state index contributed by atoms with van der Waals surface area (Å²) in [5.74, 6) is 0.326. The molecule has 5 heteroatoms. The summed E-state index contributed by atoms with van der Waals surface area (Å²) in [5, 5.41) is 9.24. The van der Waals surface area contributed by atoms with Crippen molar-refractivity contribution in [1.29, 1.82) is 0 Å². The number of aliphatic hydroxyl groups is 1. The predicted molar refractivity (Wildman–Crippen MR) is 81.0 cm³/mol. The molecule has 1 unspecified atom stereocenters. The molecule has 20 heavy (non-hydrogen) atoms. The highest BCUT2D eigenvalue weighted by Crippen LogP contribution is 2.19. The predicted octanol–water partition coefficient (Wildman–Crippen LogP) is 2.59. The minimum Gasteiger partial charge on any atom is -0.392 e. The quantitative estimate of drug-likeness (QED) is 0.813. The Morgan fingerprint density at radius 1 is 1.25 bits per heavy atom. The van der Waals surface area contributed by atoms with Gasteiger partial charge in [0.05, 0.1) is 11.5 Å². The van der Waals surface area contributed by atoms with Crippen LogP contribution in [0.2, 0.25) is 0 Å². The summed E-state index contributed by atoms with van der Waals surface area (Å²) in [7, 11) is -3.54. The monoisotopic (exact) mass is 299 g/mol. The third-order valence-corrected chi connectivity index (χ3v) is 5.45. The summed E-state index contributed by atoms with van der Waals surface area (Å²) in [5.41, 5.74) is 1.53. The highest BCUT2D eigenvalue weighted by molar-refractivity contribution is 7.89. The SMILES string of the molecule is CCC(CC)C(C)NS(=O)(=O)c1ccc(C)c(CO)c1. The molecule has 0 aliphatic rings. The molecule has 2 N–H and O–H groups in total. The van der Waals surface area contributed by atoms with Gasteiger partial charge in [0.1, 0.15) is 0 Å². The van der Waals surface area contributed by atoms with Gasteiger partial charge in [-0.2, -0.15) is 0 Å². The average molecular weight is 299 g/mol. The zero-order chi connectivity index (χ0) is 15.3. The Labute approximate surface area is 122 Å². The van der Waals surface area contributed by atoms with Crippen molar-refractivity contribution in [2.45, 2.75) is 58.1 Å². The molecule has 0 spiro atoms. The van der Waals surface area contributed by atoms with Crippen LogP contribution in [-0.2, 0) is 16.6 Å². The van der Waals surface area contributed by atoms with Gasteiger partial charge < -0.3 is 5.11 Å². The molecule has 0 fully saturated rings. The molecule has 1 rings (SSSR count). The number of aliphatic hydroxyl groups excluding tert-OH is 1. The van der Waals surface area contributed by atoms with Crippen molar-refractivity contribution in [2.24, 2.45) is 5.92 Å². The van der Waals surface area contributed by atoms with E-state index in [-0.39, 0.29) is 17.5 Å². The van der Waals surface area contributed by atoms with Gasteiger partial charge >= 0.3 is 0 Å². The summed E-state index contributed by atoms with van der Waals surface area (Å²) in [6, 6.07) is 4.74. The number of aryl methyl sites for hydroxylation is 1. The first kappa shape index (κ1) is 17.1. The fourth-order valence-electron chi connectivity index (χ4n) is 2.39. The second kappa shape index (κ2) is 7.20. The Morgan fingerprint density at radius 2 is 1.85 bits per heavy atom. The van der Waals surface area contributed by atoms with Gasteiger partial charge in [-0.1, -0.05) is 32.8 Å². The lowest BCUT2D eigenvalue weighted by Gasteiger charge is -2.22. The fourth-order valence-corrected chi connectivity index (χ4v) is 3.75. The summed E-state index contributed by atoms with van der Waals surface area (Å²) >= 11 is 0. The normalized spacial score (nSPS) is 13.7. The molecular formula is C15H25NO3S. The van der Waals surface area contributed by atoms with E-state index in [1.165, 1.54) is 6.07 Å².